The molecular weight excluding hydrogens is 256 g/mol. The van der Waals surface area contributed by atoms with E-state index in [1.165, 1.54) is 12.3 Å². The lowest BCUT2D eigenvalue weighted by molar-refractivity contribution is 0.0277. The minimum absolute atomic E-state index is 0.0808. The van der Waals surface area contributed by atoms with Crippen LogP contribution in [0.2, 0.25) is 5.15 Å². The summed E-state index contributed by atoms with van der Waals surface area (Å²) < 4.78 is 10.3. The monoisotopic (exact) mass is 272 g/mol. The van der Waals surface area contributed by atoms with E-state index in [0.29, 0.717) is 24.8 Å². The van der Waals surface area contributed by atoms with Gasteiger partial charge in [-0.3, -0.25) is 0 Å². The van der Waals surface area contributed by atoms with E-state index in [2.05, 4.69) is 4.98 Å². The molecule has 1 aromatic heterocycles. The molecule has 0 bridgehead atoms. The molecule has 1 aromatic rings. The fourth-order valence-corrected chi connectivity index (χ4v) is 1.38. The summed E-state index contributed by atoms with van der Waals surface area (Å²) in [5.74, 6) is -0.0961. The van der Waals surface area contributed by atoms with Crippen molar-refractivity contribution in [1.82, 2.24) is 4.98 Å². The summed E-state index contributed by atoms with van der Waals surface area (Å²) in [6.45, 7) is 5.26. The zero-order valence-corrected chi connectivity index (χ0v) is 11.2. The average molecular weight is 273 g/mol. The lowest BCUT2D eigenvalue weighted by Crippen LogP contribution is -2.13. The van der Waals surface area contributed by atoms with Crippen LogP contribution >= 0.6 is 11.6 Å². The van der Waals surface area contributed by atoms with Gasteiger partial charge in [0.15, 0.2) is 0 Å². The number of nitrogens with two attached hydrogens (primary N) is 1. The Morgan fingerprint density at radius 2 is 2.22 bits per heavy atom. The van der Waals surface area contributed by atoms with Gasteiger partial charge in [0, 0.05) is 6.61 Å². The SMILES string of the molecule is CC(C)COCCOC(=O)c1cc(N)cnc1Cl. The molecule has 0 aromatic carbocycles. The Morgan fingerprint density at radius 1 is 1.50 bits per heavy atom. The van der Waals surface area contributed by atoms with Gasteiger partial charge in [0.1, 0.15) is 11.8 Å². The maximum absolute atomic E-state index is 11.7. The molecule has 2 N–H and O–H groups in total. The summed E-state index contributed by atoms with van der Waals surface area (Å²) in [6.07, 6.45) is 1.38. The minimum atomic E-state index is -0.548. The van der Waals surface area contributed by atoms with Crippen LogP contribution in [0.4, 0.5) is 5.69 Å². The van der Waals surface area contributed by atoms with Crippen molar-refractivity contribution in [2.24, 2.45) is 5.92 Å². The second-order valence-corrected chi connectivity index (χ2v) is 4.57. The molecule has 5 nitrogen and oxygen atoms in total. The third kappa shape index (κ3) is 4.89. The maximum Gasteiger partial charge on any atom is 0.341 e. The predicted octanol–water partition coefficient (Wildman–Crippen LogP) is 2.15. The summed E-state index contributed by atoms with van der Waals surface area (Å²) in [5.41, 5.74) is 6.05. The Bertz CT molecular complexity index is 410. The first-order valence-corrected chi connectivity index (χ1v) is 6.04. The van der Waals surface area contributed by atoms with E-state index in [4.69, 9.17) is 26.8 Å². The summed E-state index contributed by atoms with van der Waals surface area (Å²) in [4.78, 5) is 15.4. The van der Waals surface area contributed by atoms with Gasteiger partial charge in [-0.05, 0) is 12.0 Å². The van der Waals surface area contributed by atoms with Gasteiger partial charge in [0.05, 0.1) is 24.1 Å². The number of esters is 1. The van der Waals surface area contributed by atoms with Crippen molar-refractivity contribution in [3.63, 3.8) is 0 Å². The van der Waals surface area contributed by atoms with Crippen LogP contribution in [0.3, 0.4) is 0 Å². The first-order valence-electron chi connectivity index (χ1n) is 5.66. The van der Waals surface area contributed by atoms with E-state index in [0.717, 1.165) is 0 Å². The molecule has 6 heteroatoms. The van der Waals surface area contributed by atoms with Gasteiger partial charge in [0.2, 0.25) is 0 Å². The summed E-state index contributed by atoms with van der Waals surface area (Å²) >= 11 is 5.77. The molecule has 1 rings (SSSR count). The normalized spacial score (nSPS) is 10.7. The van der Waals surface area contributed by atoms with Gasteiger partial charge < -0.3 is 15.2 Å². The van der Waals surface area contributed by atoms with Gasteiger partial charge in [-0.25, -0.2) is 9.78 Å². The molecule has 0 spiro atoms. The number of hydrogen-bond donors (Lipinski definition) is 1. The molecular formula is C12H17ClN2O3. The van der Waals surface area contributed by atoms with E-state index >= 15 is 0 Å². The number of aromatic nitrogens is 1. The third-order valence-electron chi connectivity index (χ3n) is 1.99. The quantitative estimate of drug-likeness (QED) is 0.488. The summed E-state index contributed by atoms with van der Waals surface area (Å²) in [7, 11) is 0. The lowest BCUT2D eigenvalue weighted by Gasteiger charge is -2.08. The van der Waals surface area contributed by atoms with Crippen molar-refractivity contribution in [2.75, 3.05) is 25.6 Å². The largest absolute Gasteiger partial charge is 0.460 e. The van der Waals surface area contributed by atoms with Crippen molar-refractivity contribution < 1.29 is 14.3 Å². The molecule has 0 fully saturated rings. The highest BCUT2D eigenvalue weighted by atomic mass is 35.5. The number of pyridine rings is 1. The van der Waals surface area contributed by atoms with Crippen LogP contribution in [0.1, 0.15) is 24.2 Å². The topological polar surface area (TPSA) is 74.4 Å². The third-order valence-corrected chi connectivity index (χ3v) is 2.29. The smallest absolute Gasteiger partial charge is 0.341 e. The highest BCUT2D eigenvalue weighted by Gasteiger charge is 2.13. The maximum atomic E-state index is 11.7. The van der Waals surface area contributed by atoms with E-state index < -0.39 is 5.97 Å². The average Bonchev–Trinajstić information content (AvgIpc) is 2.31. The van der Waals surface area contributed by atoms with Crippen LogP contribution in [0.25, 0.3) is 0 Å². The Balaban J connectivity index is 2.39. The Hall–Kier alpha value is -1.33. The van der Waals surface area contributed by atoms with Crippen molar-refractivity contribution in [2.45, 2.75) is 13.8 Å². The standard InChI is InChI=1S/C12H17ClN2O3/c1-8(2)7-17-3-4-18-12(16)10-5-9(14)6-15-11(10)13/h5-6,8H,3-4,7,14H2,1-2H3. The Morgan fingerprint density at radius 3 is 2.89 bits per heavy atom. The fourth-order valence-electron chi connectivity index (χ4n) is 1.20. The summed E-state index contributed by atoms with van der Waals surface area (Å²) in [5, 5.41) is 0.0808. The second kappa shape index (κ2) is 7.18. The zero-order valence-electron chi connectivity index (χ0n) is 10.5. The molecule has 18 heavy (non-hydrogen) atoms. The highest BCUT2D eigenvalue weighted by molar-refractivity contribution is 6.32. The first-order chi connectivity index (χ1) is 8.50. The predicted molar refractivity (Wildman–Crippen MR) is 69.6 cm³/mol. The van der Waals surface area contributed by atoms with E-state index in [1.54, 1.807) is 0 Å². The number of halogens is 1. The van der Waals surface area contributed by atoms with Gasteiger partial charge in [-0.15, -0.1) is 0 Å². The second-order valence-electron chi connectivity index (χ2n) is 4.21. The molecule has 0 saturated carbocycles. The van der Waals surface area contributed by atoms with Crippen LogP contribution < -0.4 is 5.73 Å². The number of ether oxygens (including phenoxy) is 2. The van der Waals surface area contributed by atoms with E-state index in [1.807, 2.05) is 13.8 Å². The van der Waals surface area contributed by atoms with Crippen LogP contribution in [-0.2, 0) is 9.47 Å². The molecule has 0 unspecified atom stereocenters. The molecule has 1 heterocycles. The minimum Gasteiger partial charge on any atom is -0.460 e. The van der Waals surface area contributed by atoms with Crippen molar-refractivity contribution in [3.8, 4) is 0 Å². The number of carbonyl (C=O) groups is 1. The number of nitrogen functional groups attached to an aromatic ring is 1. The van der Waals surface area contributed by atoms with Crippen LogP contribution in [0, 0.1) is 5.92 Å². The molecule has 0 atom stereocenters. The Kier molecular flexibility index (Phi) is 5.88. The number of carbonyl (C=O) groups excluding carboxylic acids is 1. The number of hydrogen-bond acceptors (Lipinski definition) is 5. The van der Waals surface area contributed by atoms with Gasteiger partial charge in [0.25, 0.3) is 0 Å². The first kappa shape index (κ1) is 14.7. The molecule has 0 amide bonds. The number of anilines is 1. The van der Waals surface area contributed by atoms with Crippen LogP contribution in [0.5, 0.6) is 0 Å². The zero-order chi connectivity index (χ0) is 13.5. The van der Waals surface area contributed by atoms with Crippen LogP contribution in [-0.4, -0.2) is 30.8 Å². The molecule has 0 aliphatic rings. The molecule has 0 saturated heterocycles. The van der Waals surface area contributed by atoms with E-state index in [-0.39, 0.29) is 17.3 Å². The molecule has 0 aliphatic heterocycles. The highest BCUT2D eigenvalue weighted by Crippen LogP contribution is 2.16. The number of nitrogens with zero attached hydrogens (tertiary/aromatic N) is 1. The Labute approximate surface area is 111 Å². The molecule has 100 valence electrons. The van der Waals surface area contributed by atoms with Gasteiger partial charge in [-0.2, -0.15) is 0 Å². The van der Waals surface area contributed by atoms with Crippen molar-refractivity contribution in [1.29, 1.82) is 0 Å². The van der Waals surface area contributed by atoms with Crippen molar-refractivity contribution in [3.05, 3.63) is 23.0 Å². The summed E-state index contributed by atoms with van der Waals surface area (Å²) in [6, 6.07) is 1.44. The number of rotatable bonds is 6. The van der Waals surface area contributed by atoms with Crippen molar-refractivity contribution >= 4 is 23.3 Å². The van der Waals surface area contributed by atoms with Crippen LogP contribution in [0.15, 0.2) is 12.3 Å². The van der Waals surface area contributed by atoms with Gasteiger partial charge >= 0.3 is 5.97 Å². The molecule has 0 aliphatic carbocycles. The van der Waals surface area contributed by atoms with Gasteiger partial charge in [-0.1, -0.05) is 25.4 Å². The molecule has 0 radical (unpaired) electrons. The lowest BCUT2D eigenvalue weighted by atomic mass is 10.2. The fraction of sp³-hybridized carbons (Fsp3) is 0.500. The van der Waals surface area contributed by atoms with E-state index in [9.17, 15) is 4.79 Å².